The summed E-state index contributed by atoms with van der Waals surface area (Å²) in [5.41, 5.74) is -0.120. The number of anilines is 1. The van der Waals surface area contributed by atoms with E-state index in [0.717, 1.165) is 50.5 Å². The van der Waals surface area contributed by atoms with Crippen molar-refractivity contribution < 1.29 is 27.9 Å². The van der Waals surface area contributed by atoms with Crippen LogP contribution in [0.2, 0.25) is 0 Å². The van der Waals surface area contributed by atoms with Crippen LogP contribution in [-0.2, 0) is 26.2 Å². The molecule has 2 amide bonds. The highest BCUT2D eigenvalue weighted by Crippen LogP contribution is 2.38. The number of ether oxygens (including phenoxy) is 1. The SMILES string of the molecule is CCCCN1C(=O)[C@H](CC2(O)CCCCC2)NC(=O)C12CCN(Cc1ccc(Oc3ccc(NS(C)(=O)=O)cc3)cc1)CC2. The van der Waals surface area contributed by atoms with Crippen molar-refractivity contribution in [3.8, 4) is 11.5 Å². The van der Waals surface area contributed by atoms with Crippen molar-refractivity contribution in [2.24, 2.45) is 0 Å². The van der Waals surface area contributed by atoms with Gasteiger partial charge < -0.3 is 20.1 Å². The van der Waals surface area contributed by atoms with Gasteiger partial charge in [-0.3, -0.25) is 19.2 Å². The molecule has 3 N–H and O–H groups in total. The molecule has 0 aromatic heterocycles. The Morgan fingerprint density at radius 1 is 0.955 bits per heavy atom. The van der Waals surface area contributed by atoms with Crippen molar-refractivity contribution in [2.75, 3.05) is 30.6 Å². The minimum Gasteiger partial charge on any atom is -0.457 e. The second-order valence-corrected chi connectivity index (χ2v) is 14.6. The summed E-state index contributed by atoms with van der Waals surface area (Å²) < 4.78 is 31.2. The highest BCUT2D eigenvalue weighted by atomic mass is 32.2. The number of nitrogens with zero attached hydrogens (tertiary/aromatic N) is 2. The average molecular weight is 627 g/mol. The maximum Gasteiger partial charge on any atom is 0.246 e. The van der Waals surface area contributed by atoms with Gasteiger partial charge >= 0.3 is 0 Å². The van der Waals surface area contributed by atoms with Gasteiger partial charge in [0.05, 0.1) is 11.9 Å². The second kappa shape index (κ2) is 13.5. The molecule has 5 rings (SSSR count). The average Bonchev–Trinajstić information content (AvgIpc) is 2.98. The van der Waals surface area contributed by atoms with E-state index in [1.807, 2.05) is 29.2 Å². The van der Waals surface area contributed by atoms with E-state index in [9.17, 15) is 23.1 Å². The van der Waals surface area contributed by atoms with E-state index in [0.29, 0.717) is 68.9 Å². The van der Waals surface area contributed by atoms with Gasteiger partial charge in [0.15, 0.2) is 0 Å². The lowest BCUT2D eigenvalue weighted by atomic mass is 9.77. The summed E-state index contributed by atoms with van der Waals surface area (Å²) in [5, 5.41) is 14.2. The Kier molecular flexibility index (Phi) is 9.86. The van der Waals surface area contributed by atoms with E-state index in [2.05, 4.69) is 21.9 Å². The second-order valence-electron chi connectivity index (χ2n) is 12.8. The summed E-state index contributed by atoms with van der Waals surface area (Å²) in [5.74, 6) is 1.16. The Bertz CT molecular complexity index is 1400. The maximum atomic E-state index is 13.8. The Hall–Kier alpha value is -3.15. The van der Waals surface area contributed by atoms with Gasteiger partial charge in [-0.1, -0.05) is 44.7 Å². The van der Waals surface area contributed by atoms with Crippen molar-refractivity contribution in [3.05, 3.63) is 54.1 Å². The Morgan fingerprint density at radius 2 is 1.57 bits per heavy atom. The largest absolute Gasteiger partial charge is 0.457 e. The third-order valence-electron chi connectivity index (χ3n) is 9.32. The number of hydrogen-bond acceptors (Lipinski definition) is 7. The molecule has 1 atom stereocenters. The van der Waals surface area contributed by atoms with Gasteiger partial charge in [-0.25, -0.2) is 8.42 Å². The molecule has 2 saturated heterocycles. The Labute approximate surface area is 261 Å². The molecule has 240 valence electrons. The van der Waals surface area contributed by atoms with Crippen LogP contribution >= 0.6 is 0 Å². The molecule has 1 spiro atoms. The number of carbonyl (C=O) groups is 2. The molecule has 3 aliphatic rings. The number of aliphatic hydroxyl groups is 1. The number of piperazine rings is 1. The molecular weight excluding hydrogens is 580 g/mol. The Balaban J connectivity index is 1.18. The van der Waals surface area contributed by atoms with E-state index >= 15 is 0 Å². The summed E-state index contributed by atoms with van der Waals surface area (Å²) in [4.78, 5) is 31.7. The van der Waals surface area contributed by atoms with E-state index in [1.54, 1.807) is 24.3 Å². The first-order valence-electron chi connectivity index (χ1n) is 15.9. The van der Waals surface area contributed by atoms with Crippen molar-refractivity contribution in [2.45, 2.75) is 94.9 Å². The number of carbonyl (C=O) groups excluding carboxylic acids is 2. The van der Waals surface area contributed by atoms with Crippen LogP contribution in [0, 0.1) is 0 Å². The van der Waals surface area contributed by atoms with Crippen LogP contribution in [0.5, 0.6) is 11.5 Å². The number of nitrogens with one attached hydrogen (secondary N) is 2. The molecule has 11 heteroatoms. The summed E-state index contributed by atoms with van der Waals surface area (Å²) in [7, 11) is -3.34. The normalized spacial score (nSPS) is 22.1. The van der Waals surface area contributed by atoms with Crippen LogP contribution in [0.1, 0.15) is 76.7 Å². The van der Waals surface area contributed by atoms with Gasteiger partial charge in [0.2, 0.25) is 21.8 Å². The fourth-order valence-electron chi connectivity index (χ4n) is 6.89. The molecule has 2 aromatic carbocycles. The number of benzene rings is 2. The van der Waals surface area contributed by atoms with Crippen LogP contribution in [0.15, 0.2) is 48.5 Å². The first kappa shape index (κ1) is 32.2. The zero-order valence-electron chi connectivity index (χ0n) is 25.9. The van der Waals surface area contributed by atoms with Crippen molar-refractivity contribution >= 4 is 27.5 Å². The van der Waals surface area contributed by atoms with E-state index in [4.69, 9.17) is 4.74 Å². The van der Waals surface area contributed by atoms with Crippen molar-refractivity contribution in [1.29, 1.82) is 0 Å². The fourth-order valence-corrected chi connectivity index (χ4v) is 7.45. The smallest absolute Gasteiger partial charge is 0.246 e. The number of piperidine rings is 1. The highest BCUT2D eigenvalue weighted by molar-refractivity contribution is 7.92. The summed E-state index contributed by atoms with van der Waals surface area (Å²) in [6.45, 7) is 4.78. The lowest BCUT2D eigenvalue weighted by molar-refractivity contribution is -0.163. The minimum absolute atomic E-state index is 0.0395. The van der Waals surface area contributed by atoms with Gasteiger partial charge in [0.1, 0.15) is 23.1 Å². The molecule has 1 saturated carbocycles. The molecule has 0 unspecified atom stereocenters. The number of likely N-dealkylation sites (tertiary alicyclic amines) is 1. The van der Waals surface area contributed by atoms with E-state index in [-0.39, 0.29) is 11.8 Å². The highest BCUT2D eigenvalue weighted by Gasteiger charge is 2.54. The number of rotatable bonds is 11. The molecule has 2 aliphatic heterocycles. The van der Waals surface area contributed by atoms with Crippen LogP contribution in [0.4, 0.5) is 5.69 Å². The molecule has 0 bridgehead atoms. The Morgan fingerprint density at radius 3 is 2.16 bits per heavy atom. The molecule has 2 aromatic rings. The van der Waals surface area contributed by atoms with Gasteiger partial charge in [0.25, 0.3) is 0 Å². The van der Waals surface area contributed by atoms with Gasteiger partial charge in [-0.05, 0) is 74.1 Å². The summed E-state index contributed by atoms with van der Waals surface area (Å²) >= 11 is 0. The molecule has 44 heavy (non-hydrogen) atoms. The quantitative estimate of drug-likeness (QED) is 0.337. The molecule has 0 radical (unpaired) electrons. The first-order valence-corrected chi connectivity index (χ1v) is 17.8. The standard InChI is InChI=1S/C33H46N4O6S/c1-3-4-20-37-30(38)29(23-32(40)16-6-5-7-17-32)34-31(39)33(37)18-21-36(22-19-33)24-25-8-12-27(13-9-25)43-28-14-10-26(11-15-28)35-44(2,41)42/h8-15,29,35,40H,3-7,16-24H2,1-2H3,(H,34,39)/t29-/m0/s1. The molecule has 10 nitrogen and oxygen atoms in total. The third-order valence-corrected chi connectivity index (χ3v) is 9.92. The fraction of sp³-hybridized carbons (Fsp3) is 0.576. The van der Waals surface area contributed by atoms with Gasteiger partial charge in [-0.2, -0.15) is 0 Å². The molecule has 3 fully saturated rings. The zero-order chi connectivity index (χ0) is 31.4. The van der Waals surface area contributed by atoms with Crippen LogP contribution in [0.3, 0.4) is 0 Å². The van der Waals surface area contributed by atoms with Crippen LogP contribution in [0.25, 0.3) is 0 Å². The number of hydrogen-bond donors (Lipinski definition) is 3. The number of sulfonamides is 1. The topological polar surface area (TPSA) is 128 Å². The predicted molar refractivity (Wildman–Crippen MR) is 170 cm³/mol. The van der Waals surface area contributed by atoms with Crippen LogP contribution in [-0.4, -0.2) is 78.2 Å². The maximum absolute atomic E-state index is 13.8. The molecular formula is C33H46N4O6S. The van der Waals surface area contributed by atoms with Crippen molar-refractivity contribution in [3.63, 3.8) is 0 Å². The summed E-state index contributed by atoms with van der Waals surface area (Å²) in [6.07, 6.45) is 8.75. The lowest BCUT2D eigenvalue weighted by Gasteiger charge is -2.52. The lowest BCUT2D eigenvalue weighted by Crippen LogP contribution is -2.73. The minimum atomic E-state index is -3.34. The van der Waals surface area contributed by atoms with Crippen molar-refractivity contribution in [1.82, 2.24) is 15.1 Å². The predicted octanol–water partition coefficient (Wildman–Crippen LogP) is 4.40. The van der Waals surface area contributed by atoms with Crippen LogP contribution < -0.4 is 14.8 Å². The number of amides is 2. The van der Waals surface area contributed by atoms with Gasteiger partial charge in [-0.15, -0.1) is 0 Å². The zero-order valence-corrected chi connectivity index (χ0v) is 26.7. The molecule has 1 aliphatic carbocycles. The third kappa shape index (κ3) is 7.73. The monoisotopic (exact) mass is 626 g/mol. The first-order chi connectivity index (χ1) is 21.0. The number of unbranched alkanes of at least 4 members (excludes halogenated alkanes) is 1. The van der Waals surface area contributed by atoms with E-state index in [1.165, 1.54) is 0 Å². The van der Waals surface area contributed by atoms with E-state index < -0.39 is 27.2 Å². The summed E-state index contributed by atoms with van der Waals surface area (Å²) in [6, 6.07) is 13.9. The molecule has 2 heterocycles. The van der Waals surface area contributed by atoms with Gasteiger partial charge in [0, 0.05) is 38.3 Å².